The first-order chi connectivity index (χ1) is 7.82. The molecule has 0 bridgehead atoms. The molecule has 1 amide bonds. The summed E-state index contributed by atoms with van der Waals surface area (Å²) in [6.45, 7) is 1.36. The van der Waals surface area contributed by atoms with Crippen LogP contribution < -0.4 is 11.5 Å². The summed E-state index contributed by atoms with van der Waals surface area (Å²) >= 11 is 11.5. The predicted molar refractivity (Wildman–Crippen MR) is 64.9 cm³/mol. The van der Waals surface area contributed by atoms with Crippen LogP contribution in [0, 0.1) is 0 Å². The van der Waals surface area contributed by atoms with Crippen LogP contribution in [0.5, 0.6) is 0 Å². The van der Waals surface area contributed by atoms with Gasteiger partial charge in [0, 0.05) is 0 Å². The lowest BCUT2D eigenvalue weighted by molar-refractivity contribution is -0.125. The number of benzene rings is 1. The molecule has 0 spiro atoms. The van der Waals surface area contributed by atoms with Crippen LogP contribution >= 0.6 is 23.2 Å². The Morgan fingerprint density at radius 3 is 2.41 bits per heavy atom. The van der Waals surface area contributed by atoms with Crippen molar-refractivity contribution in [2.24, 2.45) is 5.73 Å². The van der Waals surface area contributed by atoms with E-state index in [1.807, 2.05) is 0 Å². The number of amides is 1. The van der Waals surface area contributed by atoms with Crippen molar-refractivity contribution in [3.8, 4) is 0 Å². The number of esters is 1. The molecule has 4 N–H and O–H groups in total. The van der Waals surface area contributed by atoms with Crippen LogP contribution in [0.4, 0.5) is 5.69 Å². The van der Waals surface area contributed by atoms with Gasteiger partial charge < -0.3 is 16.2 Å². The number of carbonyl (C=O) groups is 2. The van der Waals surface area contributed by atoms with E-state index in [9.17, 15) is 9.59 Å². The van der Waals surface area contributed by atoms with Gasteiger partial charge in [-0.1, -0.05) is 23.2 Å². The van der Waals surface area contributed by atoms with Crippen molar-refractivity contribution in [2.45, 2.75) is 13.0 Å². The minimum atomic E-state index is -1.03. The third kappa shape index (κ3) is 3.25. The number of hydrogen-bond donors (Lipinski definition) is 2. The van der Waals surface area contributed by atoms with Gasteiger partial charge in [0.15, 0.2) is 6.10 Å². The van der Waals surface area contributed by atoms with Gasteiger partial charge in [0.25, 0.3) is 5.91 Å². The largest absolute Gasteiger partial charge is 0.449 e. The van der Waals surface area contributed by atoms with Gasteiger partial charge in [-0.2, -0.15) is 0 Å². The molecule has 5 nitrogen and oxygen atoms in total. The fourth-order valence-corrected chi connectivity index (χ4v) is 1.35. The maximum atomic E-state index is 11.6. The number of nitrogens with two attached hydrogens (primary N) is 2. The normalized spacial score (nSPS) is 11.9. The molecule has 0 aromatic heterocycles. The Hall–Kier alpha value is -1.46. The summed E-state index contributed by atoms with van der Waals surface area (Å²) in [6, 6.07) is 2.61. The van der Waals surface area contributed by atoms with Crippen LogP contribution in [-0.4, -0.2) is 18.0 Å². The second-order valence-corrected chi connectivity index (χ2v) is 4.10. The zero-order valence-electron chi connectivity index (χ0n) is 8.87. The lowest BCUT2D eigenvalue weighted by Gasteiger charge is -2.10. The van der Waals surface area contributed by atoms with Crippen LogP contribution in [-0.2, 0) is 9.53 Å². The second kappa shape index (κ2) is 5.25. The molecule has 0 fully saturated rings. The van der Waals surface area contributed by atoms with Gasteiger partial charge in [0.2, 0.25) is 0 Å². The highest BCUT2D eigenvalue weighted by Gasteiger charge is 2.18. The summed E-state index contributed by atoms with van der Waals surface area (Å²) in [6.07, 6.45) is -1.03. The van der Waals surface area contributed by atoms with Crippen LogP contribution in [0.2, 0.25) is 10.0 Å². The van der Waals surface area contributed by atoms with E-state index in [4.69, 9.17) is 39.4 Å². The van der Waals surface area contributed by atoms with Crippen LogP contribution in [0.3, 0.4) is 0 Å². The Kier molecular flexibility index (Phi) is 4.20. The maximum absolute atomic E-state index is 11.6. The standard InChI is InChI=1S/C10H10Cl2N2O3/c1-4(9(14)15)17-10(16)5-2-6(11)8(12)7(13)3-5/h2-4H,13H2,1H3,(H2,14,15). The monoisotopic (exact) mass is 276 g/mol. The van der Waals surface area contributed by atoms with Crippen molar-refractivity contribution >= 4 is 40.8 Å². The van der Waals surface area contributed by atoms with E-state index in [0.29, 0.717) is 0 Å². The van der Waals surface area contributed by atoms with Gasteiger partial charge in [0.1, 0.15) is 0 Å². The van der Waals surface area contributed by atoms with Crippen molar-refractivity contribution in [1.29, 1.82) is 0 Å². The molecule has 0 saturated carbocycles. The Balaban J connectivity index is 2.94. The number of primary amides is 1. The van der Waals surface area contributed by atoms with Gasteiger partial charge in [-0.25, -0.2) is 4.79 Å². The molecule has 1 atom stereocenters. The quantitative estimate of drug-likeness (QED) is 0.648. The highest BCUT2D eigenvalue weighted by Crippen LogP contribution is 2.29. The number of carbonyl (C=O) groups excluding carboxylic acids is 2. The SMILES string of the molecule is CC(OC(=O)c1cc(N)c(Cl)c(Cl)c1)C(N)=O. The summed E-state index contributed by atoms with van der Waals surface area (Å²) in [4.78, 5) is 22.3. The fourth-order valence-electron chi connectivity index (χ4n) is 1.01. The van der Waals surface area contributed by atoms with E-state index < -0.39 is 18.0 Å². The van der Waals surface area contributed by atoms with Crippen molar-refractivity contribution < 1.29 is 14.3 Å². The zero-order valence-corrected chi connectivity index (χ0v) is 10.4. The highest BCUT2D eigenvalue weighted by molar-refractivity contribution is 6.43. The molecule has 1 rings (SSSR count). The van der Waals surface area contributed by atoms with E-state index in [1.165, 1.54) is 19.1 Å². The van der Waals surface area contributed by atoms with E-state index in [-0.39, 0.29) is 21.3 Å². The average molecular weight is 277 g/mol. The molecule has 7 heteroatoms. The van der Waals surface area contributed by atoms with Crippen LogP contribution in [0.25, 0.3) is 0 Å². The van der Waals surface area contributed by atoms with Crippen LogP contribution in [0.1, 0.15) is 17.3 Å². The van der Waals surface area contributed by atoms with E-state index in [0.717, 1.165) is 0 Å². The summed E-state index contributed by atoms with van der Waals surface area (Å²) in [5.74, 6) is -1.49. The smallest absolute Gasteiger partial charge is 0.339 e. The average Bonchev–Trinajstić information content (AvgIpc) is 2.24. The zero-order chi connectivity index (χ0) is 13.2. The van der Waals surface area contributed by atoms with E-state index in [2.05, 4.69) is 0 Å². The first-order valence-corrected chi connectivity index (χ1v) is 5.33. The Labute approximate surface area is 108 Å². The minimum absolute atomic E-state index is 0.102. The molecule has 0 aliphatic carbocycles. The lowest BCUT2D eigenvalue weighted by atomic mass is 10.2. The lowest BCUT2D eigenvalue weighted by Crippen LogP contribution is -2.30. The van der Waals surface area contributed by atoms with Crippen molar-refractivity contribution in [2.75, 3.05) is 5.73 Å². The molecule has 0 saturated heterocycles. The third-order valence-corrected chi connectivity index (χ3v) is 2.79. The number of halogens is 2. The summed E-state index contributed by atoms with van der Waals surface area (Å²) in [5, 5.41) is 0.288. The number of nitrogen functional groups attached to an aromatic ring is 1. The molecule has 0 aliphatic heterocycles. The predicted octanol–water partition coefficient (Wildman–Crippen LogP) is 1.61. The van der Waals surface area contributed by atoms with Gasteiger partial charge in [-0.3, -0.25) is 4.79 Å². The molecular formula is C10H10Cl2N2O3. The Bertz CT molecular complexity index is 454. The fraction of sp³-hybridized carbons (Fsp3) is 0.200. The van der Waals surface area contributed by atoms with E-state index in [1.54, 1.807) is 0 Å². The van der Waals surface area contributed by atoms with Crippen LogP contribution in [0.15, 0.2) is 12.1 Å². The molecule has 0 heterocycles. The molecule has 1 aromatic rings. The van der Waals surface area contributed by atoms with Crippen molar-refractivity contribution in [3.63, 3.8) is 0 Å². The number of anilines is 1. The maximum Gasteiger partial charge on any atom is 0.339 e. The molecule has 92 valence electrons. The van der Waals surface area contributed by atoms with Gasteiger partial charge >= 0.3 is 5.97 Å². The molecule has 0 aliphatic rings. The minimum Gasteiger partial charge on any atom is -0.449 e. The Morgan fingerprint density at radius 2 is 1.94 bits per heavy atom. The second-order valence-electron chi connectivity index (χ2n) is 3.31. The first-order valence-electron chi connectivity index (χ1n) is 4.57. The Morgan fingerprint density at radius 1 is 1.35 bits per heavy atom. The summed E-state index contributed by atoms with van der Waals surface area (Å²) in [7, 11) is 0. The molecule has 0 radical (unpaired) electrons. The third-order valence-electron chi connectivity index (χ3n) is 1.98. The highest BCUT2D eigenvalue weighted by atomic mass is 35.5. The van der Waals surface area contributed by atoms with Gasteiger partial charge in [-0.05, 0) is 19.1 Å². The van der Waals surface area contributed by atoms with Gasteiger partial charge in [-0.15, -0.1) is 0 Å². The van der Waals surface area contributed by atoms with Crippen molar-refractivity contribution in [1.82, 2.24) is 0 Å². The molecule has 17 heavy (non-hydrogen) atoms. The summed E-state index contributed by atoms with van der Waals surface area (Å²) < 4.78 is 4.78. The molecule has 1 aromatic carbocycles. The van der Waals surface area contributed by atoms with E-state index >= 15 is 0 Å². The summed E-state index contributed by atoms with van der Waals surface area (Å²) in [5.41, 5.74) is 10.7. The van der Waals surface area contributed by atoms with Crippen molar-refractivity contribution in [3.05, 3.63) is 27.7 Å². The topological polar surface area (TPSA) is 95.4 Å². The number of ether oxygens (including phenoxy) is 1. The number of hydrogen-bond acceptors (Lipinski definition) is 4. The first kappa shape index (κ1) is 13.6. The molecular weight excluding hydrogens is 267 g/mol. The number of rotatable bonds is 3. The van der Waals surface area contributed by atoms with Gasteiger partial charge in [0.05, 0.1) is 21.3 Å². The molecule has 1 unspecified atom stereocenters.